The van der Waals surface area contributed by atoms with E-state index >= 15 is 0 Å². The van der Waals surface area contributed by atoms with Crippen LogP contribution < -0.4 is 5.84 Å². The number of hydrogen-bond acceptors (Lipinski definition) is 3. The lowest BCUT2D eigenvalue weighted by atomic mass is 10.1. The zero-order valence-electron chi connectivity index (χ0n) is 6.75. The summed E-state index contributed by atoms with van der Waals surface area (Å²) < 4.78 is 5.14. The highest BCUT2D eigenvalue weighted by Gasteiger charge is 2.20. The summed E-state index contributed by atoms with van der Waals surface area (Å²) in [6.45, 7) is 2.91. The van der Waals surface area contributed by atoms with Crippen molar-refractivity contribution in [1.29, 1.82) is 0 Å². The maximum absolute atomic E-state index is 10.8. The van der Waals surface area contributed by atoms with Crippen LogP contribution in [0.5, 0.6) is 0 Å². The van der Waals surface area contributed by atoms with Crippen LogP contribution in [0.1, 0.15) is 19.8 Å². The first-order valence-electron chi connectivity index (χ1n) is 3.84. The lowest BCUT2D eigenvalue weighted by molar-refractivity contribution is -0.133. The predicted octanol–water partition coefficient (Wildman–Crippen LogP) is -0.112. The number of hydrazine groups is 1. The molecule has 1 saturated heterocycles. The summed E-state index contributed by atoms with van der Waals surface area (Å²) in [5, 5.41) is 1.31. The number of carbonyl (C=O) groups is 1. The fraction of sp³-hybridized carbons (Fsp3) is 0.857. The number of ether oxygens (including phenoxy) is 1. The number of carbonyl (C=O) groups excluding carboxylic acids is 1. The summed E-state index contributed by atoms with van der Waals surface area (Å²) in [4.78, 5) is 10.8. The van der Waals surface area contributed by atoms with Crippen molar-refractivity contribution in [2.24, 2.45) is 5.84 Å². The van der Waals surface area contributed by atoms with Crippen LogP contribution in [-0.2, 0) is 9.53 Å². The number of nitrogens with two attached hydrogens (primary N) is 1. The highest BCUT2D eigenvalue weighted by atomic mass is 16.5. The molecule has 4 nitrogen and oxygen atoms in total. The Kier molecular flexibility index (Phi) is 2.84. The average Bonchev–Trinajstić information content (AvgIpc) is 2.05. The molecule has 0 aromatic heterocycles. The molecule has 0 unspecified atom stereocenters. The summed E-state index contributed by atoms with van der Waals surface area (Å²) in [5.41, 5.74) is 0. The van der Waals surface area contributed by atoms with E-state index < -0.39 is 0 Å². The normalized spacial score (nSPS) is 19.8. The number of rotatable bonds is 1. The number of amides is 1. The monoisotopic (exact) mass is 158 g/mol. The van der Waals surface area contributed by atoms with E-state index in [1.54, 1.807) is 0 Å². The van der Waals surface area contributed by atoms with Crippen LogP contribution >= 0.6 is 0 Å². The Morgan fingerprint density at radius 3 is 2.55 bits per heavy atom. The Hall–Kier alpha value is -0.610. The molecule has 64 valence electrons. The molecule has 1 rings (SSSR count). The van der Waals surface area contributed by atoms with Crippen LogP contribution in [0.25, 0.3) is 0 Å². The van der Waals surface area contributed by atoms with Crippen molar-refractivity contribution >= 4 is 5.91 Å². The van der Waals surface area contributed by atoms with Crippen LogP contribution in [0, 0.1) is 0 Å². The maximum Gasteiger partial charge on any atom is 0.233 e. The number of nitrogens with zero attached hydrogens (tertiary/aromatic N) is 1. The fourth-order valence-corrected chi connectivity index (χ4v) is 1.22. The van der Waals surface area contributed by atoms with E-state index in [9.17, 15) is 4.79 Å². The van der Waals surface area contributed by atoms with Crippen molar-refractivity contribution < 1.29 is 9.53 Å². The fourth-order valence-electron chi connectivity index (χ4n) is 1.22. The van der Waals surface area contributed by atoms with E-state index in [1.807, 2.05) is 0 Å². The minimum atomic E-state index is -0.0723. The van der Waals surface area contributed by atoms with Crippen LogP contribution in [0.4, 0.5) is 0 Å². The molecule has 1 aliphatic rings. The quantitative estimate of drug-likeness (QED) is 0.329. The first-order valence-corrected chi connectivity index (χ1v) is 3.84. The molecule has 0 aromatic rings. The third-order valence-corrected chi connectivity index (χ3v) is 1.95. The molecule has 0 aliphatic carbocycles. The van der Waals surface area contributed by atoms with Gasteiger partial charge in [0.05, 0.1) is 6.04 Å². The van der Waals surface area contributed by atoms with E-state index in [1.165, 1.54) is 11.9 Å². The Bertz CT molecular complexity index is 143. The average molecular weight is 158 g/mol. The molecule has 0 bridgehead atoms. The molecule has 1 heterocycles. The molecule has 1 aliphatic heterocycles. The summed E-state index contributed by atoms with van der Waals surface area (Å²) in [7, 11) is 0. The highest BCUT2D eigenvalue weighted by Crippen LogP contribution is 2.10. The van der Waals surface area contributed by atoms with E-state index in [0.29, 0.717) is 13.2 Å². The van der Waals surface area contributed by atoms with Crippen molar-refractivity contribution in [3.8, 4) is 0 Å². The molecule has 0 atom stereocenters. The summed E-state index contributed by atoms with van der Waals surface area (Å²) >= 11 is 0. The minimum Gasteiger partial charge on any atom is -0.381 e. The molecule has 0 aromatic carbocycles. The van der Waals surface area contributed by atoms with Crippen LogP contribution in [0.2, 0.25) is 0 Å². The second-order valence-electron chi connectivity index (χ2n) is 2.77. The van der Waals surface area contributed by atoms with Crippen molar-refractivity contribution in [3.63, 3.8) is 0 Å². The smallest absolute Gasteiger partial charge is 0.233 e. The van der Waals surface area contributed by atoms with Gasteiger partial charge in [0.1, 0.15) is 0 Å². The topological polar surface area (TPSA) is 55.6 Å². The van der Waals surface area contributed by atoms with Crippen LogP contribution in [0.15, 0.2) is 0 Å². The van der Waals surface area contributed by atoms with E-state index in [-0.39, 0.29) is 11.9 Å². The Balaban J connectivity index is 2.38. The van der Waals surface area contributed by atoms with E-state index in [4.69, 9.17) is 10.6 Å². The molecule has 1 amide bonds. The first kappa shape index (κ1) is 8.49. The van der Waals surface area contributed by atoms with Gasteiger partial charge in [-0.3, -0.25) is 9.80 Å². The molecule has 0 spiro atoms. The molecule has 11 heavy (non-hydrogen) atoms. The minimum absolute atomic E-state index is 0.0723. The zero-order valence-corrected chi connectivity index (χ0v) is 6.75. The summed E-state index contributed by atoms with van der Waals surface area (Å²) in [6.07, 6.45) is 1.71. The Morgan fingerprint density at radius 2 is 2.09 bits per heavy atom. The summed E-state index contributed by atoms with van der Waals surface area (Å²) in [5.74, 6) is 5.45. The maximum atomic E-state index is 10.8. The second kappa shape index (κ2) is 3.69. The lowest BCUT2D eigenvalue weighted by Gasteiger charge is -2.29. The van der Waals surface area contributed by atoms with Gasteiger partial charge < -0.3 is 4.74 Å². The van der Waals surface area contributed by atoms with Gasteiger partial charge in [-0.1, -0.05) is 0 Å². The van der Waals surface area contributed by atoms with Crippen molar-refractivity contribution in [3.05, 3.63) is 0 Å². The molecule has 0 saturated carbocycles. The molecular formula is C7H14N2O2. The van der Waals surface area contributed by atoms with Crippen molar-refractivity contribution in [2.75, 3.05) is 13.2 Å². The van der Waals surface area contributed by atoms with Gasteiger partial charge in [-0.05, 0) is 12.8 Å². The van der Waals surface area contributed by atoms with Gasteiger partial charge in [0.15, 0.2) is 0 Å². The predicted molar refractivity (Wildman–Crippen MR) is 40.5 cm³/mol. The highest BCUT2D eigenvalue weighted by molar-refractivity contribution is 5.72. The summed E-state index contributed by atoms with van der Waals surface area (Å²) in [6, 6.07) is 0.182. The van der Waals surface area contributed by atoms with Crippen LogP contribution in [-0.4, -0.2) is 30.2 Å². The van der Waals surface area contributed by atoms with Gasteiger partial charge >= 0.3 is 0 Å². The van der Waals surface area contributed by atoms with Gasteiger partial charge in [0, 0.05) is 20.1 Å². The number of hydrogen-bond donors (Lipinski definition) is 1. The largest absolute Gasteiger partial charge is 0.381 e. The molecule has 4 heteroatoms. The van der Waals surface area contributed by atoms with E-state index in [0.717, 1.165) is 12.8 Å². The Morgan fingerprint density at radius 1 is 1.55 bits per heavy atom. The molecular weight excluding hydrogens is 144 g/mol. The second-order valence-corrected chi connectivity index (χ2v) is 2.77. The van der Waals surface area contributed by atoms with Gasteiger partial charge in [-0.15, -0.1) is 0 Å². The van der Waals surface area contributed by atoms with Crippen molar-refractivity contribution in [2.45, 2.75) is 25.8 Å². The standard InChI is InChI=1S/C7H14N2O2/c1-6(10)9(8)7-2-4-11-5-3-7/h7H,2-5,8H2,1H3. The third kappa shape index (κ3) is 2.17. The van der Waals surface area contributed by atoms with Gasteiger partial charge in [-0.2, -0.15) is 0 Å². The van der Waals surface area contributed by atoms with Gasteiger partial charge in [-0.25, -0.2) is 5.84 Å². The van der Waals surface area contributed by atoms with E-state index in [2.05, 4.69) is 0 Å². The molecule has 2 N–H and O–H groups in total. The van der Waals surface area contributed by atoms with Crippen molar-refractivity contribution in [1.82, 2.24) is 5.01 Å². The van der Waals surface area contributed by atoms with Crippen LogP contribution in [0.3, 0.4) is 0 Å². The third-order valence-electron chi connectivity index (χ3n) is 1.95. The Labute approximate surface area is 66.3 Å². The SMILES string of the molecule is CC(=O)N(N)C1CCOCC1. The van der Waals surface area contributed by atoms with Gasteiger partial charge in [0.25, 0.3) is 0 Å². The zero-order chi connectivity index (χ0) is 8.27. The molecule has 1 fully saturated rings. The van der Waals surface area contributed by atoms with Gasteiger partial charge in [0.2, 0.25) is 5.91 Å². The lowest BCUT2D eigenvalue weighted by Crippen LogP contribution is -2.46. The first-order chi connectivity index (χ1) is 5.22. The molecule has 0 radical (unpaired) electrons.